The van der Waals surface area contributed by atoms with Crippen LogP contribution in [0.25, 0.3) is 0 Å². The van der Waals surface area contributed by atoms with E-state index in [1.165, 1.54) is 6.07 Å². The number of aryl methyl sites for hydroxylation is 1. The van der Waals surface area contributed by atoms with Gasteiger partial charge in [-0.05, 0) is 38.1 Å². The first-order valence-corrected chi connectivity index (χ1v) is 9.94. The Kier molecular flexibility index (Phi) is 9.05. The van der Waals surface area contributed by atoms with Crippen LogP contribution in [0.15, 0.2) is 35.8 Å². The molecule has 1 aliphatic rings. The van der Waals surface area contributed by atoms with E-state index < -0.39 is 5.82 Å². The molecule has 164 valence electrons. The Balaban J connectivity index is 0.00000320. The minimum atomic E-state index is -0.403. The van der Waals surface area contributed by atoms with E-state index in [0.717, 1.165) is 30.2 Å². The third-order valence-corrected chi connectivity index (χ3v) is 5.54. The van der Waals surface area contributed by atoms with E-state index in [4.69, 9.17) is 11.6 Å². The van der Waals surface area contributed by atoms with Crippen molar-refractivity contribution in [2.75, 3.05) is 20.1 Å². The molecule has 7 nitrogen and oxygen atoms in total. The summed E-state index contributed by atoms with van der Waals surface area (Å²) in [6, 6.07) is 5.08. The predicted molar refractivity (Wildman–Crippen MR) is 129 cm³/mol. The monoisotopic (exact) mass is 547 g/mol. The highest BCUT2D eigenvalue weighted by atomic mass is 127. The number of aliphatic imine (C=N–C) groups is 1. The Morgan fingerprint density at radius 2 is 2.17 bits per heavy atom. The van der Waals surface area contributed by atoms with Gasteiger partial charge in [-0.2, -0.15) is 0 Å². The number of likely N-dealkylation sites (tertiary alicyclic amines) is 1. The average Bonchev–Trinajstić information content (AvgIpc) is 3.22. The van der Waals surface area contributed by atoms with Crippen LogP contribution < -0.4 is 10.6 Å². The zero-order chi connectivity index (χ0) is 21.0. The van der Waals surface area contributed by atoms with Gasteiger partial charge in [-0.15, -0.1) is 40.8 Å². The quantitative estimate of drug-likeness (QED) is 0.252. The summed E-state index contributed by atoms with van der Waals surface area (Å²) in [5.74, 6) is 1.87. The van der Waals surface area contributed by atoms with Gasteiger partial charge in [0.25, 0.3) is 0 Å². The molecule has 0 amide bonds. The molecule has 0 aliphatic carbocycles. The molecule has 1 saturated heterocycles. The minimum absolute atomic E-state index is 0. The maximum atomic E-state index is 14.0. The SMILES string of the molecule is C=CCNC(=NCc1nnc(C)n1C)NC1CCN(C)C1c1ccc(Cl)c(F)c1.I. The zero-order valence-corrected chi connectivity index (χ0v) is 20.5. The van der Waals surface area contributed by atoms with Crippen molar-refractivity contribution < 1.29 is 4.39 Å². The summed E-state index contributed by atoms with van der Waals surface area (Å²) in [6.45, 7) is 7.52. The molecular weight excluding hydrogens is 520 g/mol. The van der Waals surface area contributed by atoms with Crippen molar-refractivity contribution in [3.05, 3.63) is 58.9 Å². The molecule has 2 aromatic rings. The van der Waals surface area contributed by atoms with Gasteiger partial charge in [-0.25, -0.2) is 9.38 Å². The molecule has 1 fully saturated rings. The second kappa shape index (κ2) is 11.1. The summed E-state index contributed by atoms with van der Waals surface area (Å²) in [5, 5.41) is 15.1. The van der Waals surface area contributed by atoms with Crippen molar-refractivity contribution in [2.24, 2.45) is 12.0 Å². The van der Waals surface area contributed by atoms with Gasteiger partial charge in [0.05, 0.1) is 11.1 Å². The Labute approximate surface area is 198 Å². The van der Waals surface area contributed by atoms with E-state index in [2.05, 4.69) is 37.3 Å². The van der Waals surface area contributed by atoms with Crippen molar-refractivity contribution >= 4 is 41.5 Å². The molecule has 1 aliphatic heterocycles. The molecule has 2 atom stereocenters. The van der Waals surface area contributed by atoms with Gasteiger partial charge in [0.15, 0.2) is 11.8 Å². The summed E-state index contributed by atoms with van der Waals surface area (Å²) in [5.41, 5.74) is 0.886. The second-order valence-electron chi connectivity index (χ2n) is 7.20. The van der Waals surface area contributed by atoms with E-state index in [1.807, 2.05) is 31.7 Å². The van der Waals surface area contributed by atoms with E-state index in [0.29, 0.717) is 19.0 Å². The second-order valence-corrected chi connectivity index (χ2v) is 7.60. The molecule has 3 rings (SSSR count). The third-order valence-electron chi connectivity index (χ3n) is 5.23. The zero-order valence-electron chi connectivity index (χ0n) is 17.4. The van der Waals surface area contributed by atoms with Gasteiger partial charge in [0, 0.05) is 26.2 Å². The van der Waals surface area contributed by atoms with Gasteiger partial charge in [0.2, 0.25) is 0 Å². The molecule has 2 heterocycles. The molecule has 30 heavy (non-hydrogen) atoms. The molecule has 0 saturated carbocycles. The van der Waals surface area contributed by atoms with E-state index in [9.17, 15) is 4.39 Å². The number of aromatic nitrogens is 3. The molecular formula is C20H28ClFIN7. The molecule has 0 radical (unpaired) electrons. The van der Waals surface area contributed by atoms with Crippen LogP contribution in [0.4, 0.5) is 4.39 Å². The van der Waals surface area contributed by atoms with Gasteiger partial charge < -0.3 is 15.2 Å². The predicted octanol–water partition coefficient (Wildman–Crippen LogP) is 3.20. The van der Waals surface area contributed by atoms with Crippen molar-refractivity contribution in [3.8, 4) is 0 Å². The average molecular weight is 548 g/mol. The minimum Gasteiger partial charge on any atom is -0.353 e. The number of rotatable bonds is 6. The molecule has 10 heteroatoms. The maximum Gasteiger partial charge on any atom is 0.192 e. The van der Waals surface area contributed by atoms with E-state index in [1.54, 1.807) is 12.1 Å². The topological polar surface area (TPSA) is 70.4 Å². The number of nitrogens with one attached hydrogen (secondary N) is 2. The maximum absolute atomic E-state index is 14.0. The van der Waals surface area contributed by atoms with Crippen LogP contribution in [-0.4, -0.2) is 51.8 Å². The van der Waals surface area contributed by atoms with Crippen LogP contribution in [0, 0.1) is 12.7 Å². The van der Waals surface area contributed by atoms with Gasteiger partial charge in [-0.3, -0.25) is 4.90 Å². The summed E-state index contributed by atoms with van der Waals surface area (Å²) in [7, 11) is 3.96. The van der Waals surface area contributed by atoms with Gasteiger partial charge in [0.1, 0.15) is 18.2 Å². The molecule has 0 bridgehead atoms. The normalized spacial score (nSPS) is 19.4. The highest BCUT2D eigenvalue weighted by Crippen LogP contribution is 2.32. The highest BCUT2D eigenvalue weighted by Gasteiger charge is 2.34. The Morgan fingerprint density at radius 1 is 1.40 bits per heavy atom. The van der Waals surface area contributed by atoms with Crippen molar-refractivity contribution in [1.82, 2.24) is 30.3 Å². The number of hydrogen-bond acceptors (Lipinski definition) is 4. The number of likely N-dealkylation sites (N-methyl/N-ethyl adjacent to an activating group) is 1. The summed E-state index contributed by atoms with van der Waals surface area (Å²) < 4.78 is 15.9. The van der Waals surface area contributed by atoms with Crippen molar-refractivity contribution in [1.29, 1.82) is 0 Å². The number of nitrogens with zero attached hydrogens (tertiary/aromatic N) is 5. The Bertz CT molecular complexity index is 901. The van der Waals surface area contributed by atoms with Gasteiger partial charge in [-0.1, -0.05) is 23.7 Å². The fourth-order valence-corrected chi connectivity index (χ4v) is 3.63. The largest absolute Gasteiger partial charge is 0.353 e. The van der Waals surface area contributed by atoms with Gasteiger partial charge >= 0.3 is 0 Å². The van der Waals surface area contributed by atoms with Crippen LogP contribution in [-0.2, 0) is 13.6 Å². The van der Waals surface area contributed by atoms with E-state index in [-0.39, 0.29) is 41.1 Å². The lowest BCUT2D eigenvalue weighted by Gasteiger charge is -2.27. The first-order valence-electron chi connectivity index (χ1n) is 9.56. The first kappa shape index (κ1) is 24.5. The molecule has 1 aromatic heterocycles. The summed E-state index contributed by atoms with van der Waals surface area (Å²) in [4.78, 5) is 6.87. The lowest BCUT2D eigenvalue weighted by molar-refractivity contribution is 0.296. The lowest BCUT2D eigenvalue weighted by Crippen LogP contribution is -2.45. The lowest BCUT2D eigenvalue weighted by atomic mass is 10.00. The third kappa shape index (κ3) is 5.70. The molecule has 0 spiro atoms. The highest BCUT2D eigenvalue weighted by molar-refractivity contribution is 14.0. The summed E-state index contributed by atoms with van der Waals surface area (Å²) >= 11 is 5.86. The van der Waals surface area contributed by atoms with Crippen LogP contribution in [0.5, 0.6) is 0 Å². The number of halogens is 3. The van der Waals surface area contributed by atoms with E-state index >= 15 is 0 Å². The number of hydrogen-bond donors (Lipinski definition) is 2. The van der Waals surface area contributed by atoms with Crippen LogP contribution in [0.2, 0.25) is 5.02 Å². The summed E-state index contributed by atoms with van der Waals surface area (Å²) in [6.07, 6.45) is 2.68. The van der Waals surface area contributed by atoms with Crippen LogP contribution in [0.1, 0.15) is 29.7 Å². The standard InChI is InChI=1S/C20H27ClFN7.HI/c1-5-9-23-20(24-12-18-27-26-13(2)29(18)4)25-17-8-10-28(3)19(17)14-6-7-15(21)16(22)11-14;/h5-7,11,17,19H,1,8-10,12H2,2-4H3,(H2,23,24,25);1H. The molecule has 2 unspecified atom stereocenters. The molecule has 1 aromatic carbocycles. The van der Waals surface area contributed by atoms with Crippen LogP contribution >= 0.6 is 35.6 Å². The Hall–Kier alpha value is -1.72. The first-order chi connectivity index (χ1) is 13.9. The fraction of sp³-hybridized carbons (Fsp3) is 0.450. The molecule has 2 N–H and O–H groups in total. The Morgan fingerprint density at radius 3 is 2.80 bits per heavy atom. The van der Waals surface area contributed by atoms with Crippen molar-refractivity contribution in [3.63, 3.8) is 0 Å². The van der Waals surface area contributed by atoms with Crippen molar-refractivity contribution in [2.45, 2.75) is 32.0 Å². The smallest absolute Gasteiger partial charge is 0.192 e. The fourth-order valence-electron chi connectivity index (χ4n) is 3.52. The van der Waals surface area contributed by atoms with Crippen LogP contribution in [0.3, 0.4) is 0 Å². The number of benzene rings is 1. The number of guanidine groups is 1.